The first kappa shape index (κ1) is 15.9. The second kappa shape index (κ2) is 6.37. The van der Waals surface area contributed by atoms with Crippen molar-refractivity contribution in [3.05, 3.63) is 70.9 Å². The molecule has 0 spiro atoms. The molecule has 0 aliphatic carbocycles. The first-order chi connectivity index (χ1) is 12.1. The predicted molar refractivity (Wildman–Crippen MR) is 99.2 cm³/mol. The lowest BCUT2D eigenvalue weighted by Crippen LogP contribution is -2.44. The van der Waals surface area contributed by atoms with Crippen LogP contribution in [0.15, 0.2) is 48.5 Å². The smallest absolute Gasteiger partial charge is 0.335 e. The molecule has 4 rings (SSSR count). The van der Waals surface area contributed by atoms with Gasteiger partial charge in [0.25, 0.3) is 0 Å². The number of para-hydroxylation sites is 1. The van der Waals surface area contributed by atoms with Gasteiger partial charge in [-0.2, -0.15) is 0 Å². The van der Waals surface area contributed by atoms with Crippen molar-refractivity contribution in [2.45, 2.75) is 19.9 Å². The van der Waals surface area contributed by atoms with E-state index >= 15 is 0 Å². The van der Waals surface area contributed by atoms with Crippen molar-refractivity contribution in [1.29, 1.82) is 0 Å². The Kier molecular flexibility index (Phi) is 4.06. The third-order valence-electron chi connectivity index (χ3n) is 5.25. The zero-order valence-corrected chi connectivity index (χ0v) is 14.3. The van der Waals surface area contributed by atoms with Crippen LogP contribution in [0.2, 0.25) is 0 Å². The topological polar surface area (TPSA) is 54.3 Å². The molecule has 4 heteroatoms. The summed E-state index contributed by atoms with van der Waals surface area (Å²) < 4.78 is 2.45. The van der Waals surface area contributed by atoms with Gasteiger partial charge in [-0.25, -0.2) is 4.79 Å². The van der Waals surface area contributed by atoms with Crippen molar-refractivity contribution in [2.24, 2.45) is 5.92 Å². The van der Waals surface area contributed by atoms with E-state index in [2.05, 4.69) is 41.1 Å². The SMILES string of the molecule is Cc1c(Cc2ccc(C(=O)O)cc2)c2ccccc2n1CC1CNC1. The molecule has 2 N–H and O–H groups in total. The highest BCUT2D eigenvalue weighted by molar-refractivity contribution is 5.88. The number of fused-ring (bicyclic) bond motifs is 1. The Bertz CT molecular complexity index is 921. The lowest BCUT2D eigenvalue weighted by atomic mass is 10.0. The summed E-state index contributed by atoms with van der Waals surface area (Å²) in [5.41, 5.74) is 5.42. The van der Waals surface area contributed by atoms with Gasteiger partial charge in [-0.1, -0.05) is 30.3 Å². The predicted octanol–water partition coefficient (Wildman–Crippen LogP) is 3.46. The van der Waals surface area contributed by atoms with Crippen molar-refractivity contribution < 1.29 is 9.90 Å². The fraction of sp³-hybridized carbons (Fsp3) is 0.286. The van der Waals surface area contributed by atoms with Crippen LogP contribution in [-0.2, 0) is 13.0 Å². The number of aromatic nitrogens is 1. The third-order valence-corrected chi connectivity index (χ3v) is 5.25. The molecule has 1 saturated heterocycles. The minimum absolute atomic E-state index is 0.334. The zero-order valence-electron chi connectivity index (χ0n) is 14.3. The van der Waals surface area contributed by atoms with E-state index in [1.807, 2.05) is 12.1 Å². The number of hydrogen-bond donors (Lipinski definition) is 2. The number of rotatable bonds is 5. The molecule has 0 amide bonds. The maximum Gasteiger partial charge on any atom is 0.335 e. The number of carbonyl (C=O) groups is 1. The normalized spacial score (nSPS) is 14.6. The third kappa shape index (κ3) is 2.94. The quantitative estimate of drug-likeness (QED) is 0.751. The number of nitrogens with one attached hydrogen (secondary N) is 1. The molecule has 3 aromatic rings. The maximum atomic E-state index is 11.0. The number of carboxylic acids is 1. The maximum absolute atomic E-state index is 11.0. The van der Waals surface area contributed by atoms with E-state index < -0.39 is 5.97 Å². The van der Waals surface area contributed by atoms with E-state index in [4.69, 9.17) is 5.11 Å². The Balaban J connectivity index is 1.71. The fourth-order valence-electron chi connectivity index (χ4n) is 3.67. The van der Waals surface area contributed by atoms with Crippen molar-refractivity contribution in [3.63, 3.8) is 0 Å². The van der Waals surface area contributed by atoms with Gasteiger partial charge in [0.15, 0.2) is 0 Å². The second-order valence-corrected chi connectivity index (χ2v) is 6.89. The highest BCUT2D eigenvalue weighted by Gasteiger charge is 2.21. The summed E-state index contributed by atoms with van der Waals surface area (Å²) in [7, 11) is 0. The Labute approximate surface area is 147 Å². The molecule has 0 saturated carbocycles. The summed E-state index contributed by atoms with van der Waals surface area (Å²) in [6.45, 7) is 5.44. The van der Waals surface area contributed by atoms with Gasteiger partial charge >= 0.3 is 5.97 Å². The van der Waals surface area contributed by atoms with Crippen LogP contribution in [0.1, 0.15) is 27.2 Å². The van der Waals surface area contributed by atoms with Crippen LogP contribution >= 0.6 is 0 Å². The van der Waals surface area contributed by atoms with E-state index in [-0.39, 0.29) is 0 Å². The number of aromatic carboxylic acids is 1. The van der Waals surface area contributed by atoms with Crippen molar-refractivity contribution >= 4 is 16.9 Å². The zero-order chi connectivity index (χ0) is 17.4. The summed E-state index contributed by atoms with van der Waals surface area (Å²) in [6.07, 6.45) is 0.822. The van der Waals surface area contributed by atoms with E-state index in [0.717, 1.165) is 31.6 Å². The van der Waals surface area contributed by atoms with E-state index in [1.54, 1.807) is 12.1 Å². The minimum Gasteiger partial charge on any atom is -0.478 e. The lowest BCUT2D eigenvalue weighted by molar-refractivity contribution is 0.0697. The summed E-state index contributed by atoms with van der Waals surface area (Å²) in [6, 6.07) is 15.8. The van der Waals surface area contributed by atoms with Gasteiger partial charge in [-0.15, -0.1) is 0 Å². The van der Waals surface area contributed by atoms with Crippen molar-refractivity contribution in [2.75, 3.05) is 13.1 Å². The summed E-state index contributed by atoms with van der Waals surface area (Å²) in [5.74, 6) is -0.175. The van der Waals surface area contributed by atoms with Crippen molar-refractivity contribution in [3.8, 4) is 0 Å². The number of carboxylic acid groups (broad SMARTS) is 1. The van der Waals surface area contributed by atoms with Gasteiger partial charge in [-0.3, -0.25) is 0 Å². The summed E-state index contributed by atoms with van der Waals surface area (Å²) >= 11 is 0. The molecule has 128 valence electrons. The molecule has 1 aliphatic rings. The average Bonchev–Trinajstić information content (AvgIpc) is 2.84. The van der Waals surface area contributed by atoms with Crippen LogP contribution in [0.5, 0.6) is 0 Å². The van der Waals surface area contributed by atoms with Crippen LogP contribution in [0.3, 0.4) is 0 Å². The molecule has 0 bridgehead atoms. The largest absolute Gasteiger partial charge is 0.478 e. The van der Waals surface area contributed by atoms with Gasteiger partial charge in [0.05, 0.1) is 5.56 Å². The van der Waals surface area contributed by atoms with Crippen LogP contribution < -0.4 is 5.32 Å². The van der Waals surface area contributed by atoms with Gasteiger partial charge in [0.2, 0.25) is 0 Å². The first-order valence-electron chi connectivity index (χ1n) is 8.73. The van der Waals surface area contributed by atoms with Crippen molar-refractivity contribution in [1.82, 2.24) is 9.88 Å². The highest BCUT2D eigenvalue weighted by atomic mass is 16.4. The minimum atomic E-state index is -0.881. The molecule has 0 radical (unpaired) electrons. The molecular weight excluding hydrogens is 312 g/mol. The molecule has 4 nitrogen and oxygen atoms in total. The van der Waals surface area contributed by atoms with Gasteiger partial charge in [0.1, 0.15) is 0 Å². The molecule has 1 fully saturated rings. The Morgan fingerprint density at radius 1 is 1.16 bits per heavy atom. The molecule has 1 aliphatic heterocycles. The molecule has 2 heterocycles. The first-order valence-corrected chi connectivity index (χ1v) is 8.73. The molecule has 0 unspecified atom stereocenters. The second-order valence-electron chi connectivity index (χ2n) is 6.89. The van der Waals surface area contributed by atoms with E-state index in [1.165, 1.54) is 22.2 Å². The van der Waals surface area contributed by atoms with Crippen LogP contribution in [0, 0.1) is 12.8 Å². The van der Waals surface area contributed by atoms with Gasteiger partial charge in [0, 0.05) is 42.1 Å². The molecule has 1 aromatic heterocycles. The van der Waals surface area contributed by atoms with Gasteiger partial charge < -0.3 is 15.0 Å². The summed E-state index contributed by atoms with van der Waals surface area (Å²) in [4.78, 5) is 11.0. The number of nitrogens with zero attached hydrogens (tertiary/aromatic N) is 1. The molecule has 2 aromatic carbocycles. The van der Waals surface area contributed by atoms with E-state index in [0.29, 0.717) is 11.5 Å². The molecule has 25 heavy (non-hydrogen) atoms. The van der Waals surface area contributed by atoms with Crippen LogP contribution in [0.4, 0.5) is 0 Å². The molecule has 0 atom stereocenters. The van der Waals surface area contributed by atoms with Crippen LogP contribution in [0.25, 0.3) is 10.9 Å². The highest BCUT2D eigenvalue weighted by Crippen LogP contribution is 2.29. The standard InChI is InChI=1S/C21H22N2O2/c1-14-19(10-15-6-8-17(9-7-15)21(24)25)18-4-2-3-5-20(18)23(14)13-16-11-22-12-16/h2-9,16,22H,10-13H2,1H3,(H,24,25). The number of hydrogen-bond acceptors (Lipinski definition) is 2. The van der Waals surface area contributed by atoms with Gasteiger partial charge in [-0.05, 0) is 42.7 Å². The molecular formula is C21H22N2O2. The Hall–Kier alpha value is -2.59. The van der Waals surface area contributed by atoms with E-state index in [9.17, 15) is 4.79 Å². The Morgan fingerprint density at radius 3 is 2.52 bits per heavy atom. The summed E-state index contributed by atoms with van der Waals surface area (Å²) in [5, 5.41) is 13.7. The monoisotopic (exact) mass is 334 g/mol. The average molecular weight is 334 g/mol. The number of benzene rings is 2. The fourth-order valence-corrected chi connectivity index (χ4v) is 3.67. The van der Waals surface area contributed by atoms with Crippen LogP contribution in [-0.4, -0.2) is 28.7 Å². The lowest BCUT2D eigenvalue weighted by Gasteiger charge is -2.28. The Morgan fingerprint density at radius 2 is 1.88 bits per heavy atom.